The molecule has 2 aromatic carbocycles. The molecule has 2 amide bonds. The van der Waals surface area contributed by atoms with E-state index in [9.17, 15) is 14.0 Å². The van der Waals surface area contributed by atoms with Crippen LogP contribution in [0.25, 0.3) is 0 Å². The minimum atomic E-state index is -0.797. The van der Waals surface area contributed by atoms with Gasteiger partial charge in [-0.2, -0.15) is 5.10 Å². The van der Waals surface area contributed by atoms with E-state index in [1.54, 1.807) is 7.05 Å². The van der Waals surface area contributed by atoms with Gasteiger partial charge in [0.05, 0.1) is 5.69 Å². The molecule has 0 saturated carbocycles. The van der Waals surface area contributed by atoms with Crippen molar-refractivity contribution in [1.82, 2.24) is 0 Å². The molecule has 0 radical (unpaired) electrons. The molecule has 0 bridgehead atoms. The van der Waals surface area contributed by atoms with E-state index < -0.39 is 17.8 Å². The van der Waals surface area contributed by atoms with Gasteiger partial charge in [0, 0.05) is 23.6 Å². The summed E-state index contributed by atoms with van der Waals surface area (Å²) in [7, 11) is 1.65. The molecule has 1 aliphatic heterocycles. The summed E-state index contributed by atoms with van der Waals surface area (Å²) in [6.45, 7) is 1.90. The van der Waals surface area contributed by atoms with Crippen molar-refractivity contribution >= 4 is 44.8 Å². The number of benzene rings is 2. The van der Waals surface area contributed by atoms with Crippen molar-refractivity contribution in [3.8, 4) is 0 Å². The number of nitrogens with two attached hydrogens (primary N) is 1. The third kappa shape index (κ3) is 3.85. The van der Waals surface area contributed by atoms with Crippen molar-refractivity contribution in [2.24, 2.45) is 10.8 Å². The molecule has 140 valence electrons. The Hall–Kier alpha value is -2.74. The van der Waals surface area contributed by atoms with Gasteiger partial charge in [0.15, 0.2) is 0 Å². The zero-order valence-corrected chi connectivity index (χ0v) is 16.4. The first kappa shape index (κ1) is 19.0. The van der Waals surface area contributed by atoms with Crippen LogP contribution in [0.15, 0.2) is 52.0 Å². The number of hydrazone groups is 1. The average Bonchev–Trinajstić information content (AvgIpc) is 3.07. The smallest absolute Gasteiger partial charge is 0.274 e. The van der Waals surface area contributed by atoms with Crippen molar-refractivity contribution in [3.05, 3.63) is 58.3 Å². The number of carbonyl (C=O) groups excluding carboxylic acids is 2. The van der Waals surface area contributed by atoms with Gasteiger partial charge in [-0.1, -0.05) is 15.9 Å². The second-order valence-electron chi connectivity index (χ2n) is 6.28. The van der Waals surface area contributed by atoms with Crippen LogP contribution in [0, 0.1) is 12.7 Å². The van der Waals surface area contributed by atoms with Crippen LogP contribution >= 0.6 is 15.9 Å². The molecule has 1 aliphatic rings. The van der Waals surface area contributed by atoms with Crippen LogP contribution in [0.2, 0.25) is 0 Å². The molecule has 1 atom stereocenters. The fourth-order valence-electron chi connectivity index (χ4n) is 2.99. The van der Waals surface area contributed by atoms with E-state index in [-0.39, 0.29) is 18.0 Å². The second kappa shape index (κ2) is 7.48. The Morgan fingerprint density at radius 2 is 1.93 bits per heavy atom. The van der Waals surface area contributed by atoms with Crippen LogP contribution in [0.4, 0.5) is 15.8 Å². The van der Waals surface area contributed by atoms with Crippen LogP contribution in [0.5, 0.6) is 0 Å². The van der Waals surface area contributed by atoms with E-state index >= 15 is 0 Å². The van der Waals surface area contributed by atoms with Gasteiger partial charge >= 0.3 is 0 Å². The third-order valence-corrected chi connectivity index (χ3v) is 4.89. The van der Waals surface area contributed by atoms with E-state index in [4.69, 9.17) is 5.73 Å². The highest BCUT2D eigenvalue weighted by Gasteiger charge is 2.36. The fourth-order valence-corrected chi connectivity index (χ4v) is 3.47. The van der Waals surface area contributed by atoms with Crippen LogP contribution in [-0.2, 0) is 9.59 Å². The molecule has 0 spiro atoms. The number of aryl methyl sites for hydroxylation is 1. The lowest BCUT2D eigenvalue weighted by Crippen LogP contribution is -2.40. The van der Waals surface area contributed by atoms with Gasteiger partial charge < -0.3 is 10.6 Å². The Kier molecular flexibility index (Phi) is 5.27. The molecule has 0 saturated heterocycles. The molecule has 8 heteroatoms. The fraction of sp³-hybridized carbons (Fsp3) is 0.211. The first-order valence-corrected chi connectivity index (χ1v) is 9.03. The number of amides is 2. The second-order valence-corrected chi connectivity index (χ2v) is 7.20. The molecule has 0 aromatic heterocycles. The maximum absolute atomic E-state index is 13.2. The van der Waals surface area contributed by atoms with Gasteiger partial charge in [0.1, 0.15) is 17.6 Å². The Labute approximate surface area is 164 Å². The van der Waals surface area contributed by atoms with E-state index in [1.165, 1.54) is 34.2 Å². The highest BCUT2D eigenvalue weighted by Crippen LogP contribution is 2.27. The van der Waals surface area contributed by atoms with E-state index in [0.717, 1.165) is 15.7 Å². The number of nitrogens with zero attached hydrogens (tertiary/aromatic N) is 3. The SMILES string of the molecule is Cc1cc(Br)ccc1N(C)C(=O)C1=NN(c2ccc(F)cc2)C(C(N)=O)C1. The minimum absolute atomic E-state index is 0.0887. The van der Waals surface area contributed by atoms with Crippen molar-refractivity contribution in [2.45, 2.75) is 19.4 Å². The molecule has 2 aromatic rings. The number of carbonyl (C=O) groups is 2. The van der Waals surface area contributed by atoms with Gasteiger partial charge in [-0.25, -0.2) is 4.39 Å². The first-order valence-electron chi connectivity index (χ1n) is 8.23. The lowest BCUT2D eigenvalue weighted by atomic mass is 10.1. The van der Waals surface area contributed by atoms with Crippen LogP contribution < -0.4 is 15.6 Å². The Morgan fingerprint density at radius 1 is 1.26 bits per heavy atom. The summed E-state index contributed by atoms with van der Waals surface area (Å²) in [4.78, 5) is 26.3. The summed E-state index contributed by atoms with van der Waals surface area (Å²) in [6.07, 6.45) is 0.0887. The zero-order chi connectivity index (χ0) is 19.7. The lowest BCUT2D eigenvalue weighted by molar-refractivity contribution is -0.119. The molecule has 1 unspecified atom stereocenters. The molecule has 1 heterocycles. The summed E-state index contributed by atoms with van der Waals surface area (Å²) < 4.78 is 14.1. The third-order valence-electron chi connectivity index (χ3n) is 4.40. The first-order chi connectivity index (χ1) is 12.8. The molecular weight excluding hydrogens is 415 g/mol. The number of rotatable bonds is 4. The number of hydrogen-bond donors (Lipinski definition) is 1. The molecule has 27 heavy (non-hydrogen) atoms. The van der Waals surface area contributed by atoms with Crippen molar-refractivity contribution in [2.75, 3.05) is 17.0 Å². The molecule has 3 rings (SSSR count). The predicted octanol–water partition coefficient (Wildman–Crippen LogP) is 2.98. The summed E-state index contributed by atoms with van der Waals surface area (Å²) in [5.41, 5.74) is 7.85. The predicted molar refractivity (Wildman–Crippen MR) is 106 cm³/mol. The summed E-state index contributed by atoms with van der Waals surface area (Å²) in [6, 6.07) is 10.3. The van der Waals surface area contributed by atoms with Crippen molar-refractivity contribution in [1.29, 1.82) is 0 Å². The maximum atomic E-state index is 13.2. The lowest BCUT2D eigenvalue weighted by Gasteiger charge is -2.20. The number of halogens is 2. The standard InChI is InChI=1S/C19H18BrFN4O2/c1-11-9-12(20)3-8-16(11)24(2)19(27)15-10-17(18(22)26)25(23-15)14-6-4-13(21)5-7-14/h3-9,17H,10H2,1-2H3,(H2,22,26). The summed E-state index contributed by atoms with van der Waals surface area (Å²) in [5, 5.41) is 5.68. The average molecular weight is 433 g/mol. The summed E-state index contributed by atoms with van der Waals surface area (Å²) >= 11 is 3.40. The Balaban J connectivity index is 1.90. The Morgan fingerprint density at radius 3 is 2.52 bits per heavy atom. The van der Waals surface area contributed by atoms with E-state index in [1.807, 2.05) is 25.1 Å². The largest absolute Gasteiger partial charge is 0.368 e. The van der Waals surface area contributed by atoms with E-state index in [2.05, 4.69) is 21.0 Å². The van der Waals surface area contributed by atoms with E-state index in [0.29, 0.717) is 5.69 Å². The van der Waals surface area contributed by atoms with Gasteiger partial charge in [0.2, 0.25) is 5.91 Å². The van der Waals surface area contributed by atoms with Crippen LogP contribution in [0.1, 0.15) is 12.0 Å². The molecule has 2 N–H and O–H groups in total. The highest BCUT2D eigenvalue weighted by molar-refractivity contribution is 9.10. The van der Waals surface area contributed by atoms with Gasteiger partial charge in [-0.15, -0.1) is 0 Å². The van der Waals surface area contributed by atoms with Crippen molar-refractivity contribution < 1.29 is 14.0 Å². The Bertz CT molecular complexity index is 930. The number of primary amides is 1. The zero-order valence-electron chi connectivity index (χ0n) is 14.8. The molecule has 0 aliphatic carbocycles. The number of anilines is 2. The van der Waals surface area contributed by atoms with Crippen LogP contribution in [-0.4, -0.2) is 30.6 Å². The molecule has 0 fully saturated rings. The van der Waals surface area contributed by atoms with Crippen molar-refractivity contribution in [3.63, 3.8) is 0 Å². The topological polar surface area (TPSA) is 79.0 Å². The number of hydrogen-bond acceptors (Lipinski definition) is 4. The molecule has 6 nitrogen and oxygen atoms in total. The van der Waals surface area contributed by atoms with Gasteiger partial charge in [-0.05, 0) is 55.0 Å². The highest BCUT2D eigenvalue weighted by atomic mass is 79.9. The summed E-state index contributed by atoms with van der Waals surface area (Å²) in [5.74, 6) is -1.33. The quantitative estimate of drug-likeness (QED) is 0.806. The molecular formula is C19H18BrFN4O2. The van der Waals surface area contributed by atoms with Crippen LogP contribution in [0.3, 0.4) is 0 Å². The minimum Gasteiger partial charge on any atom is -0.368 e. The normalized spacial score (nSPS) is 16.2. The monoisotopic (exact) mass is 432 g/mol. The van der Waals surface area contributed by atoms with Gasteiger partial charge in [-0.3, -0.25) is 14.6 Å². The van der Waals surface area contributed by atoms with Gasteiger partial charge in [0.25, 0.3) is 5.91 Å². The maximum Gasteiger partial charge on any atom is 0.274 e.